The highest BCUT2D eigenvalue weighted by Crippen LogP contribution is 2.48. The van der Waals surface area contributed by atoms with E-state index >= 15 is 26.3 Å². The Bertz CT molecular complexity index is 4190. The number of aromatic nitrogens is 5. The van der Waals surface area contributed by atoms with E-state index in [9.17, 15) is 31.6 Å². The maximum absolute atomic E-state index is 15.0. The van der Waals surface area contributed by atoms with E-state index in [0.717, 1.165) is 0 Å². The van der Waals surface area contributed by atoms with Gasteiger partial charge in [0.05, 0.1) is 73.4 Å². The molecule has 0 radical (unpaired) electrons. The van der Waals surface area contributed by atoms with Crippen LogP contribution in [0.3, 0.4) is 0 Å². The summed E-state index contributed by atoms with van der Waals surface area (Å²) in [5.74, 6) is 0.0527. The van der Waals surface area contributed by atoms with E-state index in [1.54, 1.807) is 16.7 Å². The van der Waals surface area contributed by atoms with Gasteiger partial charge in [-0.05, 0) is 95.1 Å². The van der Waals surface area contributed by atoms with Gasteiger partial charge in [-0.15, -0.1) is 0 Å². The van der Waals surface area contributed by atoms with Crippen LogP contribution < -0.4 is 0 Å². The molecule has 0 aliphatic heterocycles. The highest BCUT2D eigenvalue weighted by atomic mass is 19.4. The summed E-state index contributed by atoms with van der Waals surface area (Å²) in [6, 6.07) is 55.3. The highest BCUT2D eigenvalue weighted by Gasteiger charge is 2.40. The van der Waals surface area contributed by atoms with Crippen molar-refractivity contribution in [3.8, 4) is 102 Å². The molecule has 0 saturated heterocycles. The maximum Gasteiger partial charge on any atom is 0.417 e. The fourth-order valence-electron chi connectivity index (χ4n) is 10.5. The van der Waals surface area contributed by atoms with Crippen molar-refractivity contribution in [2.45, 2.75) is 24.7 Å². The molecule has 6 nitrogen and oxygen atoms in total. The van der Waals surface area contributed by atoms with Crippen LogP contribution in [0.4, 0.5) is 52.7 Å². The van der Waals surface area contributed by atoms with Crippen molar-refractivity contribution >= 4 is 21.8 Å². The number of nitrogens with zero attached hydrogens (tertiary/aromatic N) is 6. The van der Waals surface area contributed by atoms with Crippen LogP contribution in [-0.4, -0.2) is 24.5 Å². The molecule has 9 aromatic carbocycles. The van der Waals surface area contributed by atoms with Gasteiger partial charge in [-0.25, -0.2) is 19.9 Å². The number of rotatable bonds is 9. The second-order valence-electron chi connectivity index (χ2n) is 19.7. The van der Waals surface area contributed by atoms with Gasteiger partial charge in [0.25, 0.3) is 0 Å². The molecule has 18 heteroatoms. The van der Waals surface area contributed by atoms with Crippen molar-refractivity contribution in [1.82, 2.24) is 24.5 Å². The molecule has 12 aromatic rings. The number of alkyl halides is 12. The molecule has 0 fully saturated rings. The first-order valence-corrected chi connectivity index (χ1v) is 25.9. The van der Waals surface area contributed by atoms with Gasteiger partial charge < -0.3 is 4.57 Å². The first-order chi connectivity index (χ1) is 40.6. The molecule has 418 valence electrons. The van der Waals surface area contributed by atoms with Crippen LogP contribution in [0.15, 0.2) is 218 Å². The minimum atomic E-state index is -5.34. The van der Waals surface area contributed by atoms with Crippen LogP contribution >= 0.6 is 0 Å². The van der Waals surface area contributed by atoms with Gasteiger partial charge in [-0.3, -0.25) is 0 Å². The summed E-state index contributed by atoms with van der Waals surface area (Å²) in [6.07, 6.45) is -21.0. The smallest absolute Gasteiger partial charge is 0.308 e. The number of nitriles is 1. The van der Waals surface area contributed by atoms with E-state index in [1.165, 1.54) is 48.5 Å². The zero-order valence-electron chi connectivity index (χ0n) is 43.5. The lowest BCUT2D eigenvalue weighted by Gasteiger charge is -2.20. The molecule has 0 aliphatic rings. The predicted octanol–water partition coefficient (Wildman–Crippen LogP) is 19.6. The van der Waals surface area contributed by atoms with E-state index in [1.807, 2.05) is 121 Å². The molecule has 3 heterocycles. The van der Waals surface area contributed by atoms with Gasteiger partial charge in [-0.1, -0.05) is 146 Å². The Hall–Kier alpha value is -10.4. The summed E-state index contributed by atoms with van der Waals surface area (Å²) in [7, 11) is 0. The lowest BCUT2D eigenvalue weighted by Crippen LogP contribution is -2.12. The van der Waals surface area contributed by atoms with Gasteiger partial charge >= 0.3 is 24.7 Å². The molecule has 0 atom stereocenters. The van der Waals surface area contributed by atoms with Crippen molar-refractivity contribution in [2.75, 3.05) is 0 Å². The highest BCUT2D eigenvalue weighted by molar-refractivity contribution is 6.13. The van der Waals surface area contributed by atoms with Crippen molar-refractivity contribution < 1.29 is 52.7 Å². The maximum atomic E-state index is 15.0. The van der Waals surface area contributed by atoms with Crippen molar-refractivity contribution in [3.63, 3.8) is 0 Å². The number of benzene rings is 9. The van der Waals surface area contributed by atoms with Crippen LogP contribution in [0.1, 0.15) is 27.8 Å². The summed E-state index contributed by atoms with van der Waals surface area (Å²) >= 11 is 0. The Morgan fingerprint density at radius 2 is 0.647 bits per heavy atom. The molecule has 85 heavy (non-hydrogen) atoms. The first kappa shape index (κ1) is 55.1. The lowest BCUT2D eigenvalue weighted by molar-refractivity contribution is -0.144. The summed E-state index contributed by atoms with van der Waals surface area (Å²) in [5, 5.41) is 11.1. The molecular formula is C67H36F12N6. The standard InChI is InChI=1S/C67H36F12N6/c68-64(69,70)45-23-25-47(53(33-45)66(74,75)76)43-21-27-59-49(31-43)50-32-44(48-26-24-46(65(71,72)73)34-54(48)67(77,78)79)22-28-60(50)85(59)61-51(62-81-55(39-13-5-1-6-14-39)35-56(82-62)40-15-7-2-8-16-40)29-38(37-80)30-52(61)63-83-57(41-17-9-3-10-18-41)36-58(84-63)42-19-11-4-12-20-42/h1-36H. The van der Waals surface area contributed by atoms with Crippen LogP contribution in [0, 0.1) is 11.3 Å². The largest absolute Gasteiger partial charge is 0.417 e. The van der Waals surface area contributed by atoms with E-state index in [4.69, 9.17) is 19.9 Å². The van der Waals surface area contributed by atoms with Gasteiger partial charge in [0, 0.05) is 44.2 Å². The van der Waals surface area contributed by atoms with Crippen molar-refractivity contribution in [3.05, 3.63) is 246 Å². The Morgan fingerprint density at radius 1 is 0.318 bits per heavy atom. The summed E-state index contributed by atoms with van der Waals surface area (Å²) in [4.78, 5) is 20.6. The molecule has 3 aromatic heterocycles. The molecule has 0 N–H and O–H groups in total. The van der Waals surface area contributed by atoms with Gasteiger partial charge in [0.2, 0.25) is 0 Å². The second-order valence-corrected chi connectivity index (χ2v) is 19.7. The minimum Gasteiger partial charge on any atom is -0.308 e. The Labute approximate surface area is 475 Å². The Morgan fingerprint density at radius 3 is 0.941 bits per heavy atom. The van der Waals surface area contributed by atoms with Gasteiger partial charge in [0.1, 0.15) is 0 Å². The van der Waals surface area contributed by atoms with E-state index in [2.05, 4.69) is 6.07 Å². The quantitative estimate of drug-likeness (QED) is 0.135. The average molecular weight is 1150 g/mol. The van der Waals surface area contributed by atoms with Gasteiger partial charge in [0.15, 0.2) is 11.6 Å². The van der Waals surface area contributed by atoms with E-state index in [0.29, 0.717) is 69.3 Å². The lowest BCUT2D eigenvalue weighted by atomic mass is 9.94. The third kappa shape index (κ3) is 10.7. The molecule has 0 aliphatic carbocycles. The van der Waals surface area contributed by atoms with Crippen molar-refractivity contribution in [2.24, 2.45) is 0 Å². The molecule has 0 amide bonds. The second kappa shape index (κ2) is 21.1. The monoisotopic (exact) mass is 1150 g/mol. The fourth-order valence-corrected chi connectivity index (χ4v) is 10.5. The minimum absolute atomic E-state index is 0.0139. The molecule has 0 unspecified atom stereocenters. The molecule has 12 rings (SSSR count). The zero-order valence-corrected chi connectivity index (χ0v) is 43.5. The van der Waals surface area contributed by atoms with Crippen LogP contribution in [0.2, 0.25) is 0 Å². The average Bonchev–Trinajstić information content (AvgIpc) is 1.86. The third-order valence-electron chi connectivity index (χ3n) is 14.4. The summed E-state index contributed by atoms with van der Waals surface area (Å²) in [6.45, 7) is 0. The van der Waals surface area contributed by atoms with Crippen LogP contribution in [-0.2, 0) is 24.7 Å². The molecular weight excluding hydrogens is 1120 g/mol. The zero-order chi connectivity index (χ0) is 59.6. The topological polar surface area (TPSA) is 80.3 Å². The van der Waals surface area contributed by atoms with Gasteiger partial charge in [-0.2, -0.15) is 57.9 Å². The normalized spacial score (nSPS) is 12.2. The number of fused-ring (bicyclic) bond motifs is 3. The SMILES string of the molecule is N#Cc1cc(-c2nc(-c3ccccc3)cc(-c3ccccc3)n2)c(-n2c3ccc(-c4ccc(C(F)(F)F)cc4C(F)(F)F)cc3c3cc(-c4ccc(C(F)(F)F)cc4C(F)(F)F)ccc32)c(-c2nc(-c3ccccc3)cc(-c3ccccc3)n2)c1. The van der Waals surface area contributed by atoms with E-state index in [-0.39, 0.29) is 79.1 Å². The molecule has 0 bridgehead atoms. The Balaban J connectivity index is 1.24. The Kier molecular flexibility index (Phi) is 13.7. The number of hydrogen-bond acceptors (Lipinski definition) is 5. The van der Waals surface area contributed by atoms with Crippen LogP contribution in [0.25, 0.3) is 118 Å². The predicted molar refractivity (Wildman–Crippen MR) is 300 cm³/mol. The van der Waals surface area contributed by atoms with Crippen LogP contribution in [0.5, 0.6) is 0 Å². The molecule has 0 spiro atoms. The summed E-state index contributed by atoms with van der Waals surface area (Å²) < 4.78 is 176. The number of halogens is 12. The van der Waals surface area contributed by atoms with Crippen molar-refractivity contribution in [1.29, 1.82) is 5.26 Å². The fraction of sp³-hybridized carbons (Fsp3) is 0.0597. The van der Waals surface area contributed by atoms with E-state index < -0.39 is 58.1 Å². The number of hydrogen-bond donors (Lipinski definition) is 0. The summed E-state index contributed by atoms with van der Waals surface area (Å²) in [5.41, 5.74) is -3.21. The first-order valence-electron chi connectivity index (χ1n) is 25.9. The molecule has 0 saturated carbocycles. The third-order valence-corrected chi connectivity index (χ3v) is 14.4.